The Morgan fingerprint density at radius 1 is 1.26 bits per heavy atom. The number of hydrogen-bond donors (Lipinski definition) is 2. The van der Waals surface area contributed by atoms with Gasteiger partial charge in [0, 0.05) is 44.3 Å². The van der Waals surface area contributed by atoms with Crippen LogP contribution in [0, 0.1) is 5.82 Å². The molecule has 0 spiro atoms. The molecular formula is C23H30FN5O2. The zero-order chi connectivity index (χ0) is 22.0. The standard InChI is InChI=1S/C23H30FN5O2/c1-3-18-19(24)12-21(27-22(18)30)15-6-9-29(14-15)16-7-10-28(11-8-16)17-4-5-20(26-13-17)23(31)25-2/h4-5,12-13,15-16H,3,6-11,14H2,1-2H3,(H,25,31)(H,27,30). The number of halogens is 1. The number of amides is 1. The molecule has 8 heteroatoms. The molecule has 7 nitrogen and oxygen atoms in total. The summed E-state index contributed by atoms with van der Waals surface area (Å²) in [6, 6.07) is 5.72. The van der Waals surface area contributed by atoms with Crippen molar-refractivity contribution >= 4 is 11.6 Å². The first-order chi connectivity index (χ1) is 15.0. The average Bonchev–Trinajstić information content (AvgIpc) is 3.29. The van der Waals surface area contributed by atoms with E-state index in [-0.39, 0.29) is 28.8 Å². The van der Waals surface area contributed by atoms with E-state index in [4.69, 9.17) is 0 Å². The van der Waals surface area contributed by atoms with Crippen LogP contribution >= 0.6 is 0 Å². The number of hydrogen-bond acceptors (Lipinski definition) is 5. The van der Waals surface area contributed by atoms with Crippen LogP contribution in [0.3, 0.4) is 0 Å². The van der Waals surface area contributed by atoms with Crippen molar-refractivity contribution in [3.63, 3.8) is 0 Å². The van der Waals surface area contributed by atoms with E-state index in [0.717, 1.165) is 56.8 Å². The minimum absolute atomic E-state index is 0.174. The third kappa shape index (κ3) is 4.49. The number of nitrogens with one attached hydrogen (secondary N) is 2. The Bertz CT molecular complexity index is 982. The molecule has 2 fully saturated rings. The Labute approximate surface area is 181 Å². The molecule has 2 aliphatic rings. The lowest BCUT2D eigenvalue weighted by Gasteiger charge is -2.37. The van der Waals surface area contributed by atoms with Gasteiger partial charge < -0.3 is 15.2 Å². The fourth-order valence-corrected chi connectivity index (χ4v) is 4.82. The molecule has 166 valence electrons. The number of H-pyrrole nitrogens is 1. The largest absolute Gasteiger partial charge is 0.370 e. The second-order valence-corrected chi connectivity index (χ2v) is 8.41. The van der Waals surface area contributed by atoms with Crippen LogP contribution in [-0.2, 0) is 6.42 Å². The van der Waals surface area contributed by atoms with Crippen LogP contribution in [0.5, 0.6) is 0 Å². The molecule has 2 saturated heterocycles. The summed E-state index contributed by atoms with van der Waals surface area (Å²) in [6.45, 7) is 5.49. The number of likely N-dealkylation sites (tertiary alicyclic amines) is 1. The van der Waals surface area contributed by atoms with Crippen molar-refractivity contribution in [2.24, 2.45) is 0 Å². The molecule has 31 heavy (non-hydrogen) atoms. The number of piperidine rings is 1. The van der Waals surface area contributed by atoms with Gasteiger partial charge in [0.2, 0.25) is 0 Å². The molecule has 1 atom stereocenters. The van der Waals surface area contributed by atoms with Crippen LogP contribution in [0.1, 0.15) is 53.8 Å². The van der Waals surface area contributed by atoms with E-state index in [1.54, 1.807) is 26.2 Å². The van der Waals surface area contributed by atoms with Crippen LogP contribution in [0.25, 0.3) is 0 Å². The lowest BCUT2D eigenvalue weighted by atomic mass is 10.0. The molecule has 0 aliphatic carbocycles. The summed E-state index contributed by atoms with van der Waals surface area (Å²) in [4.78, 5) is 35.8. The molecule has 4 heterocycles. The summed E-state index contributed by atoms with van der Waals surface area (Å²) in [5, 5.41) is 2.58. The van der Waals surface area contributed by atoms with Gasteiger partial charge in [-0.1, -0.05) is 6.92 Å². The molecule has 4 rings (SSSR count). The number of aromatic amines is 1. The van der Waals surface area contributed by atoms with Gasteiger partial charge in [-0.3, -0.25) is 14.5 Å². The van der Waals surface area contributed by atoms with Crippen LogP contribution < -0.4 is 15.8 Å². The maximum atomic E-state index is 14.2. The number of rotatable bonds is 5. The molecule has 2 N–H and O–H groups in total. The second kappa shape index (κ2) is 9.18. The fraction of sp³-hybridized carbons (Fsp3) is 0.522. The van der Waals surface area contributed by atoms with Crippen molar-refractivity contribution in [1.29, 1.82) is 0 Å². The molecule has 0 saturated carbocycles. The predicted octanol–water partition coefficient (Wildman–Crippen LogP) is 2.29. The van der Waals surface area contributed by atoms with Crippen LogP contribution in [0.15, 0.2) is 29.2 Å². The second-order valence-electron chi connectivity index (χ2n) is 8.41. The first-order valence-electron chi connectivity index (χ1n) is 11.1. The summed E-state index contributed by atoms with van der Waals surface area (Å²) < 4.78 is 14.2. The predicted molar refractivity (Wildman–Crippen MR) is 118 cm³/mol. The minimum Gasteiger partial charge on any atom is -0.370 e. The van der Waals surface area contributed by atoms with Crippen molar-refractivity contribution in [1.82, 2.24) is 20.2 Å². The number of anilines is 1. The first kappa shape index (κ1) is 21.5. The first-order valence-corrected chi connectivity index (χ1v) is 11.1. The van der Waals surface area contributed by atoms with E-state index in [1.807, 2.05) is 6.07 Å². The third-order valence-corrected chi connectivity index (χ3v) is 6.67. The fourth-order valence-electron chi connectivity index (χ4n) is 4.82. The van der Waals surface area contributed by atoms with E-state index in [9.17, 15) is 14.0 Å². The van der Waals surface area contributed by atoms with E-state index in [1.165, 1.54) is 6.07 Å². The third-order valence-electron chi connectivity index (χ3n) is 6.67. The van der Waals surface area contributed by atoms with Crippen molar-refractivity contribution in [3.8, 4) is 0 Å². The van der Waals surface area contributed by atoms with Crippen LogP contribution in [0.2, 0.25) is 0 Å². The van der Waals surface area contributed by atoms with E-state index < -0.39 is 0 Å². The lowest BCUT2D eigenvalue weighted by Crippen LogP contribution is -2.44. The zero-order valence-corrected chi connectivity index (χ0v) is 18.2. The number of carbonyl (C=O) groups excluding carboxylic acids is 1. The highest BCUT2D eigenvalue weighted by atomic mass is 19.1. The summed E-state index contributed by atoms with van der Waals surface area (Å²) in [6.07, 6.45) is 5.20. The molecule has 0 aromatic carbocycles. The van der Waals surface area contributed by atoms with Gasteiger partial charge in [-0.15, -0.1) is 0 Å². The number of carbonyl (C=O) groups is 1. The summed E-state index contributed by atoms with van der Waals surface area (Å²) in [5.41, 5.74) is 2.13. The maximum Gasteiger partial charge on any atom is 0.269 e. The van der Waals surface area contributed by atoms with Gasteiger partial charge in [0.15, 0.2) is 0 Å². The van der Waals surface area contributed by atoms with Gasteiger partial charge in [0.1, 0.15) is 11.5 Å². The van der Waals surface area contributed by atoms with Gasteiger partial charge in [-0.25, -0.2) is 9.37 Å². The zero-order valence-electron chi connectivity index (χ0n) is 18.2. The minimum atomic E-state index is -0.385. The van der Waals surface area contributed by atoms with Gasteiger partial charge in [-0.05, 0) is 50.4 Å². The molecule has 0 radical (unpaired) electrons. The van der Waals surface area contributed by atoms with Crippen molar-refractivity contribution in [2.75, 3.05) is 38.1 Å². The van der Waals surface area contributed by atoms with E-state index >= 15 is 0 Å². The highest BCUT2D eigenvalue weighted by Gasteiger charge is 2.32. The van der Waals surface area contributed by atoms with Crippen LogP contribution in [0.4, 0.5) is 10.1 Å². The Morgan fingerprint density at radius 3 is 2.65 bits per heavy atom. The number of pyridine rings is 2. The van der Waals surface area contributed by atoms with Gasteiger partial charge in [0.05, 0.1) is 17.4 Å². The summed E-state index contributed by atoms with van der Waals surface area (Å²) >= 11 is 0. The van der Waals surface area contributed by atoms with E-state index in [0.29, 0.717) is 18.2 Å². The van der Waals surface area contributed by atoms with Gasteiger partial charge in [-0.2, -0.15) is 0 Å². The van der Waals surface area contributed by atoms with E-state index in [2.05, 4.69) is 25.1 Å². The number of nitrogens with zero attached hydrogens (tertiary/aromatic N) is 3. The summed E-state index contributed by atoms with van der Waals surface area (Å²) in [5.74, 6) is -0.393. The Kier molecular flexibility index (Phi) is 6.36. The quantitative estimate of drug-likeness (QED) is 0.765. The van der Waals surface area contributed by atoms with Crippen LogP contribution in [-0.4, -0.2) is 60.0 Å². The van der Waals surface area contributed by atoms with Crippen molar-refractivity contribution in [3.05, 3.63) is 57.5 Å². The van der Waals surface area contributed by atoms with Gasteiger partial charge in [0.25, 0.3) is 11.5 Å². The lowest BCUT2D eigenvalue weighted by molar-refractivity contribution is 0.0958. The Balaban J connectivity index is 1.34. The smallest absolute Gasteiger partial charge is 0.269 e. The SMILES string of the molecule is CCc1c(F)cc(C2CCN(C3CCN(c4ccc(C(=O)NC)nc4)CC3)C2)[nH]c1=O. The molecule has 2 aliphatic heterocycles. The number of aromatic nitrogens is 2. The molecule has 2 aromatic rings. The maximum absolute atomic E-state index is 14.2. The van der Waals surface area contributed by atoms with Crippen molar-refractivity contribution in [2.45, 2.75) is 44.6 Å². The Morgan fingerprint density at radius 2 is 2.03 bits per heavy atom. The molecule has 1 amide bonds. The van der Waals surface area contributed by atoms with Gasteiger partial charge >= 0.3 is 0 Å². The highest BCUT2D eigenvalue weighted by molar-refractivity contribution is 5.92. The Hall–Kier alpha value is -2.74. The molecule has 2 aromatic heterocycles. The van der Waals surface area contributed by atoms with Crippen molar-refractivity contribution < 1.29 is 9.18 Å². The molecular weight excluding hydrogens is 397 g/mol. The average molecular weight is 428 g/mol. The highest BCUT2D eigenvalue weighted by Crippen LogP contribution is 2.31. The summed E-state index contributed by atoms with van der Waals surface area (Å²) in [7, 11) is 1.60. The monoisotopic (exact) mass is 427 g/mol. The molecule has 0 bridgehead atoms. The molecule has 1 unspecified atom stereocenters. The topological polar surface area (TPSA) is 81.3 Å². The normalized spacial score (nSPS) is 20.2.